The summed E-state index contributed by atoms with van der Waals surface area (Å²) in [6.07, 6.45) is 6.35. The lowest BCUT2D eigenvalue weighted by atomic mass is 9.98. The summed E-state index contributed by atoms with van der Waals surface area (Å²) in [5, 5.41) is 4.59. The predicted molar refractivity (Wildman–Crippen MR) is 101 cm³/mol. The van der Waals surface area contributed by atoms with Crippen LogP contribution in [0, 0.1) is 6.92 Å². The second kappa shape index (κ2) is 7.28. The molecule has 3 heterocycles. The van der Waals surface area contributed by atoms with E-state index >= 15 is 0 Å². The first-order chi connectivity index (χ1) is 12.7. The van der Waals surface area contributed by atoms with Crippen molar-refractivity contribution in [2.24, 2.45) is 0 Å². The summed E-state index contributed by atoms with van der Waals surface area (Å²) < 4.78 is 1.91. The van der Waals surface area contributed by atoms with Crippen LogP contribution in [0.5, 0.6) is 0 Å². The van der Waals surface area contributed by atoms with Gasteiger partial charge in [-0.3, -0.25) is 4.79 Å². The number of benzene rings is 1. The lowest BCUT2D eigenvalue weighted by molar-refractivity contribution is -0.135. The van der Waals surface area contributed by atoms with E-state index in [9.17, 15) is 4.79 Å². The fraction of sp³-hybridized carbons (Fsp3) is 0.381. The Morgan fingerprint density at radius 3 is 2.88 bits per heavy atom. The number of piperidine rings is 1. The molecule has 0 N–H and O–H groups in total. The van der Waals surface area contributed by atoms with E-state index in [0.717, 1.165) is 49.3 Å². The quantitative estimate of drug-likeness (QED) is 0.722. The van der Waals surface area contributed by atoms with Crippen molar-refractivity contribution in [1.29, 1.82) is 0 Å². The molecule has 4 rings (SSSR count). The maximum Gasteiger partial charge on any atom is 0.223 e. The molecule has 3 aromatic rings. The van der Waals surface area contributed by atoms with Crippen molar-refractivity contribution >= 4 is 11.6 Å². The van der Waals surface area contributed by atoms with E-state index in [1.807, 2.05) is 48.0 Å². The molecule has 0 bridgehead atoms. The molecule has 0 aliphatic carbocycles. The number of rotatable bonds is 4. The Labute approximate surface area is 153 Å². The van der Waals surface area contributed by atoms with E-state index in [4.69, 9.17) is 0 Å². The van der Waals surface area contributed by atoms with Crippen molar-refractivity contribution in [2.75, 3.05) is 6.54 Å². The van der Waals surface area contributed by atoms with Crippen LogP contribution in [-0.4, -0.2) is 31.9 Å². The summed E-state index contributed by atoms with van der Waals surface area (Å²) in [5.74, 6) is 0.229. The van der Waals surface area contributed by atoms with Gasteiger partial charge in [-0.2, -0.15) is 5.10 Å². The summed E-state index contributed by atoms with van der Waals surface area (Å²) in [5.41, 5.74) is 4.07. The van der Waals surface area contributed by atoms with Gasteiger partial charge in [0, 0.05) is 25.2 Å². The summed E-state index contributed by atoms with van der Waals surface area (Å²) in [7, 11) is 0. The first-order valence-corrected chi connectivity index (χ1v) is 9.37. The van der Waals surface area contributed by atoms with Gasteiger partial charge in [0.15, 0.2) is 5.65 Å². The van der Waals surface area contributed by atoms with Gasteiger partial charge >= 0.3 is 0 Å². The van der Waals surface area contributed by atoms with Gasteiger partial charge in [-0.25, -0.2) is 9.50 Å². The molecule has 2 aromatic heterocycles. The SMILES string of the molecule is Cc1cc2nccc([C@H]3CCCCN3C(=O)CCc3ccccc3)n2n1. The van der Waals surface area contributed by atoms with Crippen LogP contribution in [0.3, 0.4) is 0 Å². The largest absolute Gasteiger partial charge is 0.334 e. The van der Waals surface area contributed by atoms with E-state index in [0.29, 0.717) is 6.42 Å². The second-order valence-corrected chi connectivity index (χ2v) is 7.01. The molecule has 1 aromatic carbocycles. The van der Waals surface area contributed by atoms with Crippen LogP contribution in [0.2, 0.25) is 0 Å². The van der Waals surface area contributed by atoms with E-state index in [-0.39, 0.29) is 11.9 Å². The Hall–Kier alpha value is -2.69. The number of aryl methyl sites for hydroxylation is 2. The third-order valence-corrected chi connectivity index (χ3v) is 5.14. The number of fused-ring (bicyclic) bond motifs is 1. The van der Waals surface area contributed by atoms with Crippen molar-refractivity contribution in [3.8, 4) is 0 Å². The van der Waals surface area contributed by atoms with Gasteiger partial charge in [-0.15, -0.1) is 0 Å². The minimum absolute atomic E-state index is 0.0804. The van der Waals surface area contributed by atoms with E-state index < -0.39 is 0 Å². The average molecular weight is 348 g/mol. The molecule has 0 spiro atoms. The number of carbonyl (C=O) groups is 1. The van der Waals surface area contributed by atoms with E-state index in [1.54, 1.807) is 0 Å². The molecule has 0 unspecified atom stereocenters. The van der Waals surface area contributed by atoms with Crippen molar-refractivity contribution in [3.05, 3.63) is 65.6 Å². The summed E-state index contributed by atoms with van der Waals surface area (Å²) in [4.78, 5) is 19.4. The Balaban J connectivity index is 1.57. The number of likely N-dealkylation sites (tertiary alicyclic amines) is 1. The molecular weight excluding hydrogens is 324 g/mol. The standard InChI is InChI=1S/C21H24N4O/c1-16-15-20-22-13-12-19(25(20)23-16)18-9-5-6-14-24(18)21(26)11-10-17-7-3-2-4-8-17/h2-4,7-8,12-13,15,18H,5-6,9-11,14H2,1H3/t18-/m1/s1. The van der Waals surface area contributed by atoms with Gasteiger partial charge in [-0.1, -0.05) is 30.3 Å². The first kappa shape index (κ1) is 16.8. The van der Waals surface area contributed by atoms with Gasteiger partial charge in [0.2, 0.25) is 5.91 Å². The van der Waals surface area contributed by atoms with Crippen LogP contribution in [0.1, 0.15) is 48.7 Å². The van der Waals surface area contributed by atoms with Crippen LogP contribution < -0.4 is 0 Å². The number of carbonyl (C=O) groups excluding carboxylic acids is 1. The van der Waals surface area contributed by atoms with Crippen LogP contribution >= 0.6 is 0 Å². The Morgan fingerprint density at radius 1 is 1.19 bits per heavy atom. The average Bonchev–Trinajstić information content (AvgIpc) is 3.07. The predicted octanol–water partition coefficient (Wildman–Crippen LogP) is 3.72. The number of amides is 1. The number of hydrogen-bond donors (Lipinski definition) is 0. The topological polar surface area (TPSA) is 50.5 Å². The third-order valence-electron chi connectivity index (χ3n) is 5.14. The first-order valence-electron chi connectivity index (χ1n) is 9.37. The Bertz CT molecular complexity index is 903. The summed E-state index contributed by atoms with van der Waals surface area (Å²) in [6, 6.07) is 14.3. The van der Waals surface area contributed by atoms with Crippen LogP contribution in [0.4, 0.5) is 0 Å². The van der Waals surface area contributed by atoms with Gasteiger partial charge in [0.25, 0.3) is 0 Å². The highest BCUT2D eigenvalue weighted by atomic mass is 16.2. The van der Waals surface area contributed by atoms with Gasteiger partial charge in [0.05, 0.1) is 17.4 Å². The Morgan fingerprint density at radius 2 is 2.04 bits per heavy atom. The van der Waals surface area contributed by atoms with Crippen LogP contribution in [0.25, 0.3) is 5.65 Å². The van der Waals surface area contributed by atoms with Crippen molar-refractivity contribution in [3.63, 3.8) is 0 Å². The van der Waals surface area contributed by atoms with Crippen LogP contribution in [0.15, 0.2) is 48.7 Å². The summed E-state index contributed by atoms with van der Waals surface area (Å²) >= 11 is 0. The Kier molecular flexibility index (Phi) is 4.69. The van der Waals surface area contributed by atoms with Gasteiger partial charge < -0.3 is 4.90 Å². The lowest BCUT2D eigenvalue weighted by Gasteiger charge is -2.36. The molecule has 1 atom stereocenters. The molecular formula is C21H24N4O. The molecule has 0 saturated carbocycles. The summed E-state index contributed by atoms with van der Waals surface area (Å²) in [6.45, 7) is 2.80. The van der Waals surface area contributed by atoms with E-state index in [1.165, 1.54) is 5.56 Å². The molecule has 1 amide bonds. The van der Waals surface area contributed by atoms with Gasteiger partial charge in [-0.05, 0) is 44.2 Å². The highest BCUT2D eigenvalue weighted by Crippen LogP contribution is 2.31. The van der Waals surface area contributed by atoms with Crippen molar-refractivity contribution < 1.29 is 4.79 Å². The van der Waals surface area contributed by atoms with Crippen molar-refractivity contribution in [1.82, 2.24) is 19.5 Å². The zero-order valence-corrected chi connectivity index (χ0v) is 15.1. The highest BCUT2D eigenvalue weighted by Gasteiger charge is 2.29. The molecule has 1 saturated heterocycles. The van der Waals surface area contributed by atoms with Crippen molar-refractivity contribution in [2.45, 2.75) is 45.1 Å². The molecule has 5 heteroatoms. The smallest absolute Gasteiger partial charge is 0.223 e. The lowest BCUT2D eigenvalue weighted by Crippen LogP contribution is -2.39. The highest BCUT2D eigenvalue weighted by molar-refractivity contribution is 5.77. The number of nitrogens with zero attached hydrogens (tertiary/aromatic N) is 4. The normalized spacial score (nSPS) is 17.6. The maximum atomic E-state index is 13.0. The second-order valence-electron chi connectivity index (χ2n) is 7.01. The monoisotopic (exact) mass is 348 g/mol. The molecule has 5 nitrogen and oxygen atoms in total. The molecule has 1 aliphatic rings. The van der Waals surface area contributed by atoms with Crippen LogP contribution in [-0.2, 0) is 11.2 Å². The molecule has 134 valence electrons. The molecule has 1 aliphatic heterocycles. The number of hydrogen-bond acceptors (Lipinski definition) is 3. The van der Waals surface area contributed by atoms with E-state index in [2.05, 4.69) is 27.1 Å². The molecule has 26 heavy (non-hydrogen) atoms. The fourth-order valence-electron chi connectivity index (χ4n) is 3.86. The van der Waals surface area contributed by atoms with Gasteiger partial charge in [0.1, 0.15) is 0 Å². The minimum atomic E-state index is 0.0804. The maximum absolute atomic E-state index is 13.0. The minimum Gasteiger partial charge on any atom is -0.334 e. The molecule has 1 fully saturated rings. The zero-order chi connectivity index (χ0) is 17.9. The zero-order valence-electron chi connectivity index (χ0n) is 15.1. The third kappa shape index (κ3) is 3.34. The fourth-order valence-corrected chi connectivity index (χ4v) is 3.86. The number of aromatic nitrogens is 3. The molecule has 0 radical (unpaired) electrons.